The van der Waals surface area contributed by atoms with Crippen molar-refractivity contribution in [2.45, 2.75) is 29.1 Å². The lowest BCUT2D eigenvalue weighted by Crippen LogP contribution is -2.41. The summed E-state index contributed by atoms with van der Waals surface area (Å²) < 4.78 is 7.59. The van der Waals surface area contributed by atoms with E-state index >= 15 is 0 Å². The Balaban J connectivity index is 1.27. The normalized spacial score (nSPS) is 15.5. The standard InChI is InChI=1S/C29H35N5O4S/c1-30-26(20-27(35)31(2)29(30)37)33-14-6-12-32(16-17-33)13-7-15-34-22-8-4-5-9-24(22)39-25-11-10-21(18-23(25)34)19-28(36)38-3/h4-5,8-11,18,20H,6-7,12-17,19H2,1-3H3. The first-order valence-electron chi connectivity index (χ1n) is 13.3. The zero-order valence-corrected chi connectivity index (χ0v) is 23.6. The largest absolute Gasteiger partial charge is 0.469 e. The number of anilines is 3. The molecular weight excluding hydrogens is 514 g/mol. The highest BCUT2D eigenvalue weighted by Gasteiger charge is 2.24. The number of carbonyl (C=O) groups excluding carboxylic acids is 1. The molecule has 0 unspecified atom stereocenters. The second-order valence-electron chi connectivity index (χ2n) is 10.1. The van der Waals surface area contributed by atoms with Crippen LogP contribution in [0.4, 0.5) is 17.2 Å². The molecular formula is C29H35N5O4S. The Hall–Kier alpha value is -3.50. The molecule has 0 amide bonds. The molecule has 0 aliphatic carbocycles. The fraction of sp³-hybridized carbons (Fsp3) is 0.414. The lowest BCUT2D eigenvalue weighted by Gasteiger charge is -2.34. The maximum Gasteiger partial charge on any atom is 0.332 e. The third-order valence-corrected chi connectivity index (χ3v) is 8.67. The molecule has 0 spiro atoms. The van der Waals surface area contributed by atoms with Crippen molar-refractivity contribution in [2.75, 3.05) is 56.2 Å². The van der Waals surface area contributed by atoms with Gasteiger partial charge in [-0.15, -0.1) is 0 Å². The number of carbonyl (C=O) groups is 1. The van der Waals surface area contributed by atoms with Gasteiger partial charge in [0.1, 0.15) is 5.82 Å². The van der Waals surface area contributed by atoms with E-state index in [2.05, 4.69) is 51.1 Å². The lowest BCUT2D eigenvalue weighted by molar-refractivity contribution is -0.139. The summed E-state index contributed by atoms with van der Waals surface area (Å²) in [5.41, 5.74) is 2.70. The average Bonchev–Trinajstić information content (AvgIpc) is 3.19. The molecule has 2 aromatic carbocycles. The first kappa shape index (κ1) is 27.1. The third-order valence-electron chi connectivity index (χ3n) is 7.54. The molecule has 1 saturated heterocycles. The summed E-state index contributed by atoms with van der Waals surface area (Å²) in [5.74, 6) is 0.447. The molecule has 1 aromatic heterocycles. The Morgan fingerprint density at radius 2 is 1.69 bits per heavy atom. The van der Waals surface area contributed by atoms with Gasteiger partial charge in [-0.25, -0.2) is 4.79 Å². The number of hydrogen-bond acceptors (Lipinski definition) is 8. The smallest absolute Gasteiger partial charge is 0.332 e. The molecule has 0 radical (unpaired) electrons. The van der Waals surface area contributed by atoms with E-state index < -0.39 is 0 Å². The van der Waals surface area contributed by atoms with Crippen molar-refractivity contribution in [1.29, 1.82) is 0 Å². The van der Waals surface area contributed by atoms with Crippen LogP contribution < -0.4 is 21.0 Å². The molecule has 0 N–H and O–H groups in total. The van der Waals surface area contributed by atoms with Crippen molar-refractivity contribution < 1.29 is 9.53 Å². The molecule has 0 saturated carbocycles. The van der Waals surface area contributed by atoms with Gasteiger partial charge in [0, 0.05) is 56.1 Å². The van der Waals surface area contributed by atoms with E-state index in [-0.39, 0.29) is 23.6 Å². The van der Waals surface area contributed by atoms with Crippen molar-refractivity contribution in [3.63, 3.8) is 0 Å². The zero-order valence-electron chi connectivity index (χ0n) is 22.8. The molecule has 1 fully saturated rings. The highest BCUT2D eigenvalue weighted by Crippen LogP contribution is 2.48. The highest BCUT2D eigenvalue weighted by atomic mass is 32.2. The van der Waals surface area contributed by atoms with Crippen LogP contribution in [0.3, 0.4) is 0 Å². The van der Waals surface area contributed by atoms with Crippen molar-refractivity contribution in [2.24, 2.45) is 14.1 Å². The van der Waals surface area contributed by atoms with Gasteiger partial charge < -0.3 is 19.4 Å². The minimum atomic E-state index is -0.298. The fourth-order valence-electron chi connectivity index (χ4n) is 5.37. The van der Waals surface area contributed by atoms with Crippen LogP contribution in [0.15, 0.2) is 67.9 Å². The van der Waals surface area contributed by atoms with Gasteiger partial charge in [-0.05, 0) is 55.8 Å². The van der Waals surface area contributed by atoms with Gasteiger partial charge in [0.05, 0.1) is 24.9 Å². The van der Waals surface area contributed by atoms with Gasteiger partial charge in [-0.2, -0.15) is 0 Å². The number of fused-ring (bicyclic) bond motifs is 2. The summed E-state index contributed by atoms with van der Waals surface area (Å²) in [6.07, 6.45) is 2.20. The summed E-state index contributed by atoms with van der Waals surface area (Å²) in [4.78, 5) is 46.0. The SMILES string of the molecule is COC(=O)Cc1ccc2c(c1)N(CCCN1CCCN(c3cc(=O)n(C)c(=O)n3C)CC1)c1ccccc1S2. The molecule has 206 valence electrons. The average molecular weight is 550 g/mol. The van der Waals surface area contributed by atoms with Crippen LogP contribution in [0.25, 0.3) is 0 Å². The number of benzene rings is 2. The summed E-state index contributed by atoms with van der Waals surface area (Å²) in [6.45, 7) is 5.23. The predicted octanol–water partition coefficient (Wildman–Crippen LogP) is 3.00. The summed E-state index contributed by atoms with van der Waals surface area (Å²) in [7, 11) is 4.66. The predicted molar refractivity (Wildman–Crippen MR) is 155 cm³/mol. The van der Waals surface area contributed by atoms with Crippen molar-refractivity contribution >= 4 is 34.9 Å². The van der Waals surface area contributed by atoms with E-state index in [4.69, 9.17) is 4.74 Å². The van der Waals surface area contributed by atoms with E-state index in [0.29, 0.717) is 5.82 Å². The minimum absolute atomic E-state index is 0.239. The van der Waals surface area contributed by atoms with Crippen LogP contribution >= 0.6 is 11.8 Å². The summed E-state index contributed by atoms with van der Waals surface area (Å²) in [6, 6.07) is 16.3. The van der Waals surface area contributed by atoms with Crippen LogP contribution in [0.2, 0.25) is 0 Å². The van der Waals surface area contributed by atoms with E-state index in [1.807, 2.05) is 6.07 Å². The maximum atomic E-state index is 12.4. The molecule has 3 heterocycles. The minimum Gasteiger partial charge on any atom is -0.469 e. The highest BCUT2D eigenvalue weighted by molar-refractivity contribution is 7.99. The van der Waals surface area contributed by atoms with Gasteiger partial charge in [0.15, 0.2) is 0 Å². The van der Waals surface area contributed by atoms with Crippen LogP contribution in [-0.4, -0.2) is 66.4 Å². The van der Waals surface area contributed by atoms with Crippen molar-refractivity contribution in [3.8, 4) is 0 Å². The van der Waals surface area contributed by atoms with E-state index in [0.717, 1.165) is 67.9 Å². The Bertz CT molecular complexity index is 1480. The van der Waals surface area contributed by atoms with Crippen LogP contribution in [0.5, 0.6) is 0 Å². The first-order chi connectivity index (χ1) is 18.9. The maximum absolute atomic E-state index is 12.4. The molecule has 5 rings (SSSR count). The van der Waals surface area contributed by atoms with Crippen LogP contribution in [0.1, 0.15) is 18.4 Å². The topological polar surface area (TPSA) is 80.0 Å². The number of aromatic nitrogens is 2. The molecule has 2 aliphatic heterocycles. The Labute approximate surface area is 232 Å². The first-order valence-corrected chi connectivity index (χ1v) is 14.2. The van der Waals surface area contributed by atoms with Gasteiger partial charge in [-0.1, -0.05) is 30.0 Å². The second-order valence-corrected chi connectivity index (χ2v) is 11.1. The molecule has 2 aliphatic rings. The lowest BCUT2D eigenvalue weighted by atomic mass is 10.1. The number of esters is 1. The molecule has 9 nitrogen and oxygen atoms in total. The zero-order chi connectivity index (χ0) is 27.5. The molecule has 0 bridgehead atoms. The second kappa shape index (κ2) is 11.7. The summed E-state index contributed by atoms with van der Waals surface area (Å²) in [5, 5.41) is 0. The van der Waals surface area contributed by atoms with Gasteiger partial charge >= 0.3 is 11.7 Å². The Morgan fingerprint density at radius 1 is 0.897 bits per heavy atom. The molecule has 3 aromatic rings. The van der Waals surface area contributed by atoms with Gasteiger partial charge in [-0.3, -0.25) is 18.7 Å². The molecule has 10 heteroatoms. The molecule has 0 atom stereocenters. The third kappa shape index (κ3) is 5.77. The van der Waals surface area contributed by atoms with Crippen LogP contribution in [-0.2, 0) is 30.0 Å². The van der Waals surface area contributed by atoms with Crippen molar-refractivity contribution in [1.82, 2.24) is 14.0 Å². The molecule has 39 heavy (non-hydrogen) atoms. The number of hydrogen-bond donors (Lipinski definition) is 0. The Kier molecular flexibility index (Phi) is 8.13. The number of nitrogens with zero attached hydrogens (tertiary/aromatic N) is 5. The van der Waals surface area contributed by atoms with Gasteiger partial charge in [0.2, 0.25) is 0 Å². The van der Waals surface area contributed by atoms with Crippen molar-refractivity contribution in [3.05, 3.63) is 74.9 Å². The van der Waals surface area contributed by atoms with Gasteiger partial charge in [0.25, 0.3) is 5.56 Å². The Morgan fingerprint density at radius 3 is 2.51 bits per heavy atom. The van der Waals surface area contributed by atoms with E-state index in [1.54, 1.807) is 29.4 Å². The number of para-hydroxylation sites is 1. The summed E-state index contributed by atoms with van der Waals surface area (Å²) >= 11 is 1.76. The fourth-order valence-corrected chi connectivity index (χ4v) is 6.44. The number of rotatable bonds is 7. The monoisotopic (exact) mass is 549 g/mol. The van der Waals surface area contributed by atoms with Crippen LogP contribution in [0, 0.1) is 0 Å². The van der Waals surface area contributed by atoms with E-state index in [9.17, 15) is 14.4 Å². The van der Waals surface area contributed by atoms with E-state index in [1.165, 1.54) is 29.6 Å². The quantitative estimate of drug-likeness (QED) is 0.416. The number of methoxy groups -OCH3 is 1. The number of ether oxygens (including phenoxy) is 1.